The Hall–Kier alpha value is -3.36. The van der Waals surface area contributed by atoms with E-state index in [2.05, 4.69) is 19.2 Å². The number of amides is 2. The molecule has 0 radical (unpaired) electrons. The molecule has 0 bridgehead atoms. The molecule has 3 rings (SSSR count). The van der Waals surface area contributed by atoms with E-state index >= 15 is 0 Å². The van der Waals surface area contributed by atoms with E-state index in [4.69, 9.17) is 11.6 Å². The Balaban J connectivity index is 2.03. The summed E-state index contributed by atoms with van der Waals surface area (Å²) in [7, 11) is -4.10. The number of carbonyl (C=O) groups is 2. The van der Waals surface area contributed by atoms with Gasteiger partial charge in [0.1, 0.15) is 12.6 Å². The monoisotopic (exact) mass is 569 g/mol. The third-order valence-electron chi connectivity index (χ3n) is 6.52. The van der Waals surface area contributed by atoms with Crippen molar-refractivity contribution in [1.29, 1.82) is 0 Å². The molecule has 0 aliphatic heterocycles. The smallest absolute Gasteiger partial charge is 0.264 e. The second kappa shape index (κ2) is 13.1. The second-order valence-electron chi connectivity index (χ2n) is 9.79. The van der Waals surface area contributed by atoms with Crippen LogP contribution in [0.15, 0.2) is 77.7 Å². The lowest BCUT2D eigenvalue weighted by Gasteiger charge is -2.32. The summed E-state index contributed by atoms with van der Waals surface area (Å²) < 4.78 is 28.9. The van der Waals surface area contributed by atoms with E-state index in [0.29, 0.717) is 17.3 Å². The lowest BCUT2D eigenvalue weighted by Crippen LogP contribution is -2.51. The van der Waals surface area contributed by atoms with Crippen LogP contribution < -0.4 is 9.62 Å². The quantitative estimate of drug-likeness (QED) is 0.329. The van der Waals surface area contributed by atoms with Gasteiger partial charge in [0.2, 0.25) is 11.8 Å². The van der Waals surface area contributed by atoms with E-state index in [9.17, 15) is 18.0 Å². The molecule has 3 aromatic rings. The molecule has 0 aromatic heterocycles. The molecule has 2 amide bonds. The van der Waals surface area contributed by atoms with Gasteiger partial charge < -0.3 is 10.2 Å². The highest BCUT2D eigenvalue weighted by Crippen LogP contribution is 2.27. The Labute approximate surface area is 236 Å². The summed E-state index contributed by atoms with van der Waals surface area (Å²) in [5.41, 5.74) is 3.10. The van der Waals surface area contributed by atoms with Crippen LogP contribution in [0.25, 0.3) is 0 Å². The van der Waals surface area contributed by atoms with Crippen LogP contribution in [-0.4, -0.2) is 44.3 Å². The lowest BCUT2D eigenvalue weighted by atomic mass is 10.0. The van der Waals surface area contributed by atoms with Crippen molar-refractivity contribution in [2.24, 2.45) is 0 Å². The summed E-state index contributed by atoms with van der Waals surface area (Å²) in [6, 6.07) is 19.8. The molecule has 39 heavy (non-hydrogen) atoms. The van der Waals surface area contributed by atoms with Gasteiger partial charge in [-0.3, -0.25) is 13.9 Å². The van der Waals surface area contributed by atoms with E-state index in [1.54, 1.807) is 62.4 Å². The molecule has 0 aliphatic rings. The third-order valence-corrected chi connectivity index (χ3v) is 8.56. The van der Waals surface area contributed by atoms with Crippen molar-refractivity contribution in [3.8, 4) is 0 Å². The predicted octanol–water partition coefficient (Wildman–Crippen LogP) is 5.52. The second-order valence-corrected chi connectivity index (χ2v) is 12.1. The van der Waals surface area contributed by atoms with E-state index in [-0.39, 0.29) is 23.3 Å². The molecule has 0 heterocycles. The average molecular weight is 570 g/mol. The fraction of sp³-hybridized carbons (Fsp3) is 0.333. The standard InChI is InChI=1S/C30H36ClN3O4S/c1-6-32-30(36)23(5)33(19-24-9-13-26(31)14-10-24)29(35)20-34(27-15-11-25(12-16-27)21(2)3)39(37,38)28-17-7-22(4)8-18-28/h7-18,21,23H,6,19-20H2,1-5H3,(H,32,36)/t23-/m1/s1. The summed E-state index contributed by atoms with van der Waals surface area (Å²) in [4.78, 5) is 28.1. The molecule has 1 N–H and O–H groups in total. The van der Waals surface area contributed by atoms with Crippen molar-refractivity contribution in [3.05, 3.63) is 94.5 Å². The van der Waals surface area contributed by atoms with E-state index in [1.165, 1.54) is 17.0 Å². The number of halogens is 1. The molecular weight excluding hydrogens is 534 g/mol. The van der Waals surface area contributed by atoms with Crippen LogP contribution in [0.1, 0.15) is 50.3 Å². The normalized spacial score (nSPS) is 12.2. The maximum Gasteiger partial charge on any atom is 0.264 e. The minimum Gasteiger partial charge on any atom is -0.355 e. The molecule has 3 aromatic carbocycles. The first kappa shape index (κ1) is 30.2. The van der Waals surface area contributed by atoms with Crippen molar-refractivity contribution in [2.75, 3.05) is 17.4 Å². The summed E-state index contributed by atoms with van der Waals surface area (Å²) >= 11 is 6.03. The number of hydrogen-bond acceptors (Lipinski definition) is 4. The number of anilines is 1. The van der Waals surface area contributed by atoms with Crippen molar-refractivity contribution >= 4 is 39.1 Å². The number of carbonyl (C=O) groups excluding carboxylic acids is 2. The van der Waals surface area contributed by atoms with Crippen LogP contribution in [0.3, 0.4) is 0 Å². The maximum absolute atomic E-state index is 13.9. The van der Waals surface area contributed by atoms with Crippen molar-refractivity contribution in [3.63, 3.8) is 0 Å². The predicted molar refractivity (Wildman–Crippen MR) is 156 cm³/mol. The molecule has 7 nitrogen and oxygen atoms in total. The largest absolute Gasteiger partial charge is 0.355 e. The zero-order valence-electron chi connectivity index (χ0n) is 23.0. The first-order valence-corrected chi connectivity index (χ1v) is 14.8. The molecule has 0 spiro atoms. The number of sulfonamides is 1. The Bertz CT molecular complexity index is 1370. The Morgan fingerprint density at radius 1 is 0.897 bits per heavy atom. The lowest BCUT2D eigenvalue weighted by molar-refractivity contribution is -0.139. The average Bonchev–Trinajstić information content (AvgIpc) is 2.91. The fourth-order valence-electron chi connectivity index (χ4n) is 4.08. The fourth-order valence-corrected chi connectivity index (χ4v) is 5.62. The SMILES string of the molecule is CCNC(=O)[C@@H](C)N(Cc1ccc(Cl)cc1)C(=O)CN(c1ccc(C(C)C)cc1)S(=O)(=O)c1ccc(C)cc1. The maximum atomic E-state index is 13.9. The first-order chi connectivity index (χ1) is 18.4. The summed E-state index contributed by atoms with van der Waals surface area (Å²) in [5.74, 6) is -0.572. The molecule has 0 saturated heterocycles. The Morgan fingerprint density at radius 3 is 2.03 bits per heavy atom. The van der Waals surface area contributed by atoms with Gasteiger partial charge in [0.05, 0.1) is 10.6 Å². The van der Waals surface area contributed by atoms with E-state index in [1.807, 2.05) is 19.1 Å². The highest BCUT2D eigenvalue weighted by atomic mass is 35.5. The van der Waals surface area contributed by atoms with Gasteiger partial charge in [0.15, 0.2) is 0 Å². The van der Waals surface area contributed by atoms with Crippen molar-refractivity contribution in [2.45, 2.75) is 58.0 Å². The van der Waals surface area contributed by atoms with Gasteiger partial charge in [-0.05, 0) is 74.2 Å². The van der Waals surface area contributed by atoms with Crippen LogP contribution in [-0.2, 0) is 26.2 Å². The summed E-state index contributed by atoms with van der Waals surface area (Å²) in [6.07, 6.45) is 0. The zero-order chi connectivity index (χ0) is 28.7. The van der Waals surface area contributed by atoms with E-state index < -0.39 is 28.5 Å². The molecule has 0 unspecified atom stereocenters. The van der Waals surface area contributed by atoms with Crippen LogP contribution in [0.5, 0.6) is 0 Å². The van der Waals surface area contributed by atoms with Crippen LogP contribution in [0, 0.1) is 6.92 Å². The highest BCUT2D eigenvalue weighted by Gasteiger charge is 2.32. The first-order valence-electron chi connectivity index (χ1n) is 12.9. The van der Waals surface area contributed by atoms with Crippen LogP contribution in [0.2, 0.25) is 5.02 Å². The number of rotatable bonds is 11. The van der Waals surface area contributed by atoms with E-state index in [0.717, 1.165) is 21.0 Å². The van der Waals surface area contributed by atoms with Crippen LogP contribution in [0.4, 0.5) is 5.69 Å². The van der Waals surface area contributed by atoms with Gasteiger partial charge in [0, 0.05) is 18.1 Å². The van der Waals surface area contributed by atoms with Gasteiger partial charge in [-0.2, -0.15) is 0 Å². The number of aryl methyl sites for hydroxylation is 1. The minimum absolute atomic E-state index is 0.0786. The van der Waals surface area contributed by atoms with Gasteiger partial charge in [-0.1, -0.05) is 67.4 Å². The molecule has 0 aliphatic carbocycles. The molecule has 208 valence electrons. The molecule has 1 atom stereocenters. The number of hydrogen-bond donors (Lipinski definition) is 1. The van der Waals surface area contributed by atoms with Crippen LogP contribution >= 0.6 is 11.6 Å². The number of nitrogens with zero attached hydrogens (tertiary/aromatic N) is 2. The van der Waals surface area contributed by atoms with Gasteiger partial charge in [-0.15, -0.1) is 0 Å². The zero-order valence-corrected chi connectivity index (χ0v) is 24.6. The van der Waals surface area contributed by atoms with Crippen molar-refractivity contribution < 1.29 is 18.0 Å². The summed E-state index contributed by atoms with van der Waals surface area (Å²) in [6.45, 7) is 9.45. The van der Waals surface area contributed by atoms with Crippen molar-refractivity contribution in [1.82, 2.24) is 10.2 Å². The minimum atomic E-state index is -4.10. The van der Waals surface area contributed by atoms with Gasteiger partial charge in [0.25, 0.3) is 10.0 Å². The Kier molecular flexibility index (Phi) is 10.2. The highest BCUT2D eigenvalue weighted by molar-refractivity contribution is 7.92. The topological polar surface area (TPSA) is 86.8 Å². The third kappa shape index (κ3) is 7.61. The van der Waals surface area contributed by atoms with Gasteiger partial charge >= 0.3 is 0 Å². The molecule has 0 saturated carbocycles. The Morgan fingerprint density at radius 2 is 1.49 bits per heavy atom. The number of benzene rings is 3. The number of likely N-dealkylation sites (N-methyl/N-ethyl adjacent to an activating group) is 1. The molecule has 9 heteroatoms. The summed E-state index contributed by atoms with van der Waals surface area (Å²) in [5, 5.41) is 3.30. The van der Waals surface area contributed by atoms with Gasteiger partial charge in [-0.25, -0.2) is 8.42 Å². The number of nitrogens with one attached hydrogen (secondary N) is 1. The molecule has 0 fully saturated rings. The molecular formula is C30H36ClN3O4S.